The van der Waals surface area contributed by atoms with Crippen molar-refractivity contribution in [2.24, 2.45) is 0 Å². The number of hydrogen-bond donors (Lipinski definition) is 0. The molecular weight excluding hydrogens is 282 g/mol. The Hall–Kier alpha value is -3.28. The Balaban J connectivity index is 1.84. The third-order valence-electron chi connectivity index (χ3n) is 3.18. The number of rotatable bonds is 2. The molecule has 0 aliphatic rings. The van der Waals surface area contributed by atoms with Crippen LogP contribution in [0.2, 0.25) is 0 Å². The fourth-order valence-corrected chi connectivity index (χ4v) is 2.14. The van der Waals surface area contributed by atoms with Gasteiger partial charge in [0.1, 0.15) is 16.8 Å². The van der Waals surface area contributed by atoms with Crippen LogP contribution >= 0.6 is 0 Å². The zero-order chi connectivity index (χ0) is 14.9. The Morgan fingerprint density at radius 1 is 0.864 bits per heavy atom. The van der Waals surface area contributed by atoms with Crippen molar-refractivity contribution in [1.29, 1.82) is 0 Å². The number of aromatic nitrogens is 3. The zero-order valence-corrected chi connectivity index (χ0v) is 11.3. The first-order valence-corrected chi connectivity index (χ1v) is 6.59. The minimum Gasteiger partial charge on any atom is -0.422 e. The fourth-order valence-electron chi connectivity index (χ4n) is 2.14. The highest BCUT2D eigenvalue weighted by Crippen LogP contribution is 2.23. The van der Waals surface area contributed by atoms with Crippen molar-refractivity contribution in [3.63, 3.8) is 0 Å². The van der Waals surface area contributed by atoms with Gasteiger partial charge in [0.05, 0.1) is 0 Å². The Labute approximate surface area is 124 Å². The van der Waals surface area contributed by atoms with Crippen LogP contribution < -0.4 is 5.63 Å². The summed E-state index contributed by atoms with van der Waals surface area (Å²) in [5.41, 5.74) is 0.774. The van der Waals surface area contributed by atoms with E-state index in [0.717, 1.165) is 5.39 Å². The van der Waals surface area contributed by atoms with E-state index in [-0.39, 0.29) is 17.3 Å². The number of pyridine rings is 1. The topological polar surface area (TPSA) is 82.0 Å². The van der Waals surface area contributed by atoms with Crippen molar-refractivity contribution in [3.8, 4) is 23.0 Å². The van der Waals surface area contributed by atoms with Crippen LogP contribution in [0.3, 0.4) is 0 Å². The van der Waals surface area contributed by atoms with Gasteiger partial charge in [-0.2, -0.15) is 0 Å². The van der Waals surface area contributed by atoms with Crippen LogP contribution in [-0.2, 0) is 0 Å². The summed E-state index contributed by atoms with van der Waals surface area (Å²) in [4.78, 5) is 16.2. The predicted molar refractivity (Wildman–Crippen MR) is 79.0 cm³/mol. The number of fused-ring (bicyclic) bond motifs is 1. The molecule has 0 unspecified atom stereocenters. The van der Waals surface area contributed by atoms with E-state index in [4.69, 9.17) is 8.83 Å². The third kappa shape index (κ3) is 2.07. The minimum atomic E-state index is -0.519. The number of nitrogens with zero attached hydrogens (tertiary/aromatic N) is 3. The van der Waals surface area contributed by atoms with Gasteiger partial charge in [0.2, 0.25) is 0 Å². The van der Waals surface area contributed by atoms with Crippen molar-refractivity contribution >= 4 is 11.0 Å². The van der Waals surface area contributed by atoms with Gasteiger partial charge < -0.3 is 8.83 Å². The molecule has 3 aromatic heterocycles. The lowest BCUT2D eigenvalue weighted by molar-refractivity contribution is 0.546. The molecule has 3 heterocycles. The van der Waals surface area contributed by atoms with Crippen molar-refractivity contribution in [2.75, 3.05) is 0 Å². The van der Waals surface area contributed by atoms with E-state index in [1.807, 2.05) is 18.2 Å². The molecule has 0 aliphatic carbocycles. The Kier molecular flexibility index (Phi) is 2.79. The lowest BCUT2D eigenvalue weighted by Crippen LogP contribution is -2.02. The second-order valence-corrected chi connectivity index (χ2v) is 4.61. The van der Waals surface area contributed by atoms with Crippen molar-refractivity contribution in [2.45, 2.75) is 0 Å². The number of para-hydroxylation sites is 1. The largest absolute Gasteiger partial charge is 0.422 e. The quantitative estimate of drug-likeness (QED) is 0.528. The summed E-state index contributed by atoms with van der Waals surface area (Å²) in [6, 6.07) is 14.3. The highest BCUT2D eigenvalue weighted by Gasteiger charge is 2.16. The first kappa shape index (κ1) is 12.5. The summed E-state index contributed by atoms with van der Waals surface area (Å²) in [6.07, 6.45) is 1.63. The van der Waals surface area contributed by atoms with Crippen LogP contribution in [0.15, 0.2) is 68.4 Å². The molecule has 0 aliphatic heterocycles. The lowest BCUT2D eigenvalue weighted by Gasteiger charge is -1.97. The average Bonchev–Trinajstić information content (AvgIpc) is 3.05. The van der Waals surface area contributed by atoms with Gasteiger partial charge in [-0.25, -0.2) is 4.79 Å². The summed E-state index contributed by atoms with van der Waals surface area (Å²) in [6.45, 7) is 0. The second kappa shape index (κ2) is 4.92. The summed E-state index contributed by atoms with van der Waals surface area (Å²) in [5.74, 6) is 0.364. The van der Waals surface area contributed by atoms with Crippen LogP contribution in [0.4, 0.5) is 0 Å². The van der Waals surface area contributed by atoms with Gasteiger partial charge in [-0.05, 0) is 24.3 Å². The molecule has 6 nitrogen and oxygen atoms in total. The van der Waals surface area contributed by atoms with Gasteiger partial charge in [-0.1, -0.05) is 24.3 Å². The molecule has 106 valence electrons. The monoisotopic (exact) mass is 291 g/mol. The Bertz CT molecular complexity index is 1010. The standard InChI is InChI=1S/C16H9N3O3/c20-16-11(9-10-5-1-2-7-13(10)21-16)14-18-19-15(22-14)12-6-3-4-8-17-12/h1-9H. The molecular formula is C16H9N3O3. The van der Waals surface area contributed by atoms with E-state index in [1.165, 1.54) is 0 Å². The summed E-state index contributed by atoms with van der Waals surface area (Å²) < 4.78 is 10.8. The van der Waals surface area contributed by atoms with E-state index in [9.17, 15) is 4.79 Å². The first-order chi connectivity index (χ1) is 10.8. The molecule has 0 N–H and O–H groups in total. The van der Waals surface area contributed by atoms with Crippen LogP contribution in [0, 0.1) is 0 Å². The Morgan fingerprint density at radius 3 is 2.55 bits per heavy atom. The molecule has 0 spiro atoms. The van der Waals surface area contributed by atoms with Crippen molar-refractivity contribution in [1.82, 2.24) is 15.2 Å². The van der Waals surface area contributed by atoms with Gasteiger partial charge in [-0.3, -0.25) is 4.98 Å². The summed E-state index contributed by atoms with van der Waals surface area (Å²) in [7, 11) is 0. The van der Waals surface area contributed by atoms with Gasteiger partial charge in [-0.15, -0.1) is 10.2 Å². The smallest absolute Gasteiger partial charge is 0.349 e. The van der Waals surface area contributed by atoms with Crippen LogP contribution in [0.5, 0.6) is 0 Å². The zero-order valence-electron chi connectivity index (χ0n) is 11.3. The molecule has 1 aromatic carbocycles. The highest BCUT2D eigenvalue weighted by atomic mass is 16.4. The maximum absolute atomic E-state index is 12.1. The third-order valence-corrected chi connectivity index (χ3v) is 3.18. The number of hydrogen-bond acceptors (Lipinski definition) is 6. The second-order valence-electron chi connectivity index (χ2n) is 4.61. The van der Waals surface area contributed by atoms with E-state index in [0.29, 0.717) is 11.3 Å². The van der Waals surface area contributed by atoms with Crippen LogP contribution in [0.1, 0.15) is 0 Å². The van der Waals surface area contributed by atoms with Gasteiger partial charge in [0.15, 0.2) is 0 Å². The maximum Gasteiger partial charge on any atom is 0.349 e. The van der Waals surface area contributed by atoms with Gasteiger partial charge in [0, 0.05) is 11.6 Å². The molecule has 0 amide bonds. The number of benzene rings is 1. The molecule has 0 atom stereocenters. The van der Waals surface area contributed by atoms with Crippen LogP contribution in [0.25, 0.3) is 34.0 Å². The Morgan fingerprint density at radius 2 is 1.68 bits per heavy atom. The average molecular weight is 291 g/mol. The molecule has 22 heavy (non-hydrogen) atoms. The minimum absolute atomic E-state index is 0.111. The normalized spacial score (nSPS) is 10.9. The summed E-state index contributed by atoms with van der Waals surface area (Å²) >= 11 is 0. The highest BCUT2D eigenvalue weighted by molar-refractivity contribution is 5.80. The molecule has 0 bridgehead atoms. The summed E-state index contributed by atoms with van der Waals surface area (Å²) in [5, 5.41) is 8.62. The molecule has 4 aromatic rings. The fraction of sp³-hybridized carbons (Fsp3) is 0. The molecule has 0 radical (unpaired) electrons. The van der Waals surface area contributed by atoms with E-state index < -0.39 is 5.63 Å². The lowest BCUT2D eigenvalue weighted by atomic mass is 10.2. The van der Waals surface area contributed by atoms with E-state index in [2.05, 4.69) is 15.2 Å². The van der Waals surface area contributed by atoms with E-state index in [1.54, 1.807) is 36.5 Å². The van der Waals surface area contributed by atoms with Gasteiger partial charge >= 0.3 is 5.63 Å². The van der Waals surface area contributed by atoms with Gasteiger partial charge in [0.25, 0.3) is 11.8 Å². The molecule has 0 fully saturated rings. The molecule has 0 saturated heterocycles. The predicted octanol–water partition coefficient (Wildman–Crippen LogP) is 2.91. The molecule has 0 saturated carbocycles. The van der Waals surface area contributed by atoms with Crippen molar-refractivity contribution in [3.05, 3.63) is 65.1 Å². The molecule has 6 heteroatoms. The maximum atomic E-state index is 12.1. The van der Waals surface area contributed by atoms with Crippen molar-refractivity contribution < 1.29 is 8.83 Å². The first-order valence-electron chi connectivity index (χ1n) is 6.59. The van der Waals surface area contributed by atoms with Crippen LogP contribution in [-0.4, -0.2) is 15.2 Å². The molecule has 4 rings (SSSR count). The van der Waals surface area contributed by atoms with E-state index >= 15 is 0 Å². The SMILES string of the molecule is O=c1oc2ccccc2cc1-c1nnc(-c2ccccn2)o1.